The summed E-state index contributed by atoms with van der Waals surface area (Å²) in [4.78, 5) is 0. The topological polar surface area (TPSA) is 38.0 Å². The zero-order chi connectivity index (χ0) is 14.6. The van der Waals surface area contributed by atoms with Crippen molar-refractivity contribution in [3.63, 3.8) is 0 Å². The van der Waals surface area contributed by atoms with E-state index in [-0.39, 0.29) is 11.5 Å². The summed E-state index contributed by atoms with van der Waals surface area (Å²) in [5.74, 6) is 5.77. The molecular weight excluding hydrogens is 244 g/mol. The summed E-state index contributed by atoms with van der Waals surface area (Å²) in [5.41, 5.74) is 6.81. The van der Waals surface area contributed by atoms with Crippen LogP contribution in [0.25, 0.3) is 11.1 Å². The van der Waals surface area contributed by atoms with Crippen molar-refractivity contribution in [2.24, 2.45) is 11.3 Å². The molecule has 0 aliphatic carbocycles. The molecule has 0 aromatic heterocycles. The van der Waals surface area contributed by atoms with Crippen LogP contribution in [-0.4, -0.2) is 0 Å². The number of hydrogen-bond acceptors (Lipinski definition) is 2. The van der Waals surface area contributed by atoms with E-state index in [9.17, 15) is 0 Å². The third-order valence-corrected chi connectivity index (χ3v) is 4.21. The molecule has 2 aromatic carbocycles. The highest BCUT2D eigenvalue weighted by atomic mass is 15.2. The molecule has 2 nitrogen and oxygen atoms in total. The van der Waals surface area contributed by atoms with E-state index in [0.29, 0.717) is 0 Å². The van der Waals surface area contributed by atoms with E-state index in [1.807, 2.05) is 6.07 Å². The van der Waals surface area contributed by atoms with Crippen LogP contribution in [0.1, 0.15) is 38.8 Å². The van der Waals surface area contributed by atoms with Gasteiger partial charge < -0.3 is 0 Å². The van der Waals surface area contributed by atoms with Gasteiger partial charge in [-0.2, -0.15) is 0 Å². The van der Waals surface area contributed by atoms with E-state index in [1.54, 1.807) is 0 Å². The Labute approximate surface area is 122 Å². The second-order valence-electron chi connectivity index (χ2n) is 5.93. The average molecular weight is 268 g/mol. The highest BCUT2D eigenvalue weighted by Crippen LogP contribution is 2.36. The van der Waals surface area contributed by atoms with E-state index in [1.165, 1.54) is 16.7 Å². The molecule has 106 valence electrons. The molecule has 0 bridgehead atoms. The minimum absolute atomic E-state index is 0.128. The lowest BCUT2D eigenvalue weighted by Crippen LogP contribution is -2.38. The lowest BCUT2D eigenvalue weighted by atomic mass is 9.78. The molecule has 0 aliphatic heterocycles. The first kappa shape index (κ1) is 14.8. The Morgan fingerprint density at radius 3 is 2.00 bits per heavy atom. The van der Waals surface area contributed by atoms with Crippen molar-refractivity contribution >= 4 is 0 Å². The summed E-state index contributed by atoms with van der Waals surface area (Å²) in [6, 6.07) is 19.3. The summed E-state index contributed by atoms with van der Waals surface area (Å²) in [6.07, 6.45) is 1.07. The molecule has 1 atom stereocenters. The third kappa shape index (κ3) is 3.09. The lowest BCUT2D eigenvalue weighted by molar-refractivity contribution is 0.236. The van der Waals surface area contributed by atoms with Crippen molar-refractivity contribution in [3.8, 4) is 11.1 Å². The maximum absolute atomic E-state index is 5.77. The molecule has 0 amide bonds. The normalized spacial score (nSPS) is 13.2. The SMILES string of the molecule is CCC(C)(C)C(NN)c1ccc(-c2ccccc2)cc1. The molecular formula is C18H24N2. The van der Waals surface area contributed by atoms with E-state index in [2.05, 4.69) is 74.7 Å². The lowest BCUT2D eigenvalue weighted by Gasteiger charge is -2.33. The first-order valence-electron chi connectivity index (χ1n) is 7.20. The summed E-state index contributed by atoms with van der Waals surface area (Å²) in [6.45, 7) is 6.67. The average Bonchev–Trinajstić information content (AvgIpc) is 2.49. The summed E-state index contributed by atoms with van der Waals surface area (Å²) in [5, 5.41) is 0. The minimum atomic E-state index is 0.128. The van der Waals surface area contributed by atoms with Crippen molar-refractivity contribution < 1.29 is 0 Å². The largest absolute Gasteiger partial charge is 0.271 e. The van der Waals surface area contributed by atoms with E-state index in [4.69, 9.17) is 5.84 Å². The van der Waals surface area contributed by atoms with Gasteiger partial charge in [0.05, 0.1) is 6.04 Å². The predicted octanol–water partition coefficient (Wildman–Crippen LogP) is 4.29. The monoisotopic (exact) mass is 268 g/mol. The zero-order valence-corrected chi connectivity index (χ0v) is 12.6. The summed E-state index contributed by atoms with van der Waals surface area (Å²) in [7, 11) is 0. The van der Waals surface area contributed by atoms with Gasteiger partial charge in [0.25, 0.3) is 0 Å². The molecule has 0 radical (unpaired) electrons. The van der Waals surface area contributed by atoms with Crippen molar-refractivity contribution in [1.82, 2.24) is 5.43 Å². The number of benzene rings is 2. The molecule has 2 rings (SSSR count). The van der Waals surface area contributed by atoms with Gasteiger partial charge in [0.1, 0.15) is 0 Å². The third-order valence-electron chi connectivity index (χ3n) is 4.21. The van der Waals surface area contributed by atoms with Crippen molar-refractivity contribution in [2.45, 2.75) is 33.2 Å². The van der Waals surface area contributed by atoms with Crippen LogP contribution >= 0.6 is 0 Å². The van der Waals surface area contributed by atoms with Gasteiger partial charge in [0.15, 0.2) is 0 Å². The molecule has 0 aliphatic rings. The number of hydrogen-bond donors (Lipinski definition) is 2. The number of rotatable bonds is 5. The number of nitrogens with two attached hydrogens (primary N) is 1. The molecule has 0 heterocycles. The molecule has 0 fully saturated rings. The van der Waals surface area contributed by atoms with Gasteiger partial charge in [-0.05, 0) is 28.5 Å². The standard InChI is InChI=1S/C18H24N2/c1-4-18(2,3)17(20-19)16-12-10-15(11-13-16)14-8-6-5-7-9-14/h5-13,17,20H,4,19H2,1-3H3. The van der Waals surface area contributed by atoms with E-state index in [0.717, 1.165) is 6.42 Å². The van der Waals surface area contributed by atoms with Gasteiger partial charge in [0, 0.05) is 0 Å². The Hall–Kier alpha value is -1.64. The Bertz CT molecular complexity index is 529. The fraction of sp³-hybridized carbons (Fsp3) is 0.333. The van der Waals surface area contributed by atoms with Gasteiger partial charge in [-0.15, -0.1) is 0 Å². The van der Waals surface area contributed by atoms with Crippen LogP contribution in [0.15, 0.2) is 54.6 Å². The molecule has 0 spiro atoms. The van der Waals surface area contributed by atoms with Gasteiger partial charge in [-0.3, -0.25) is 11.3 Å². The Morgan fingerprint density at radius 1 is 0.950 bits per heavy atom. The Balaban J connectivity index is 2.28. The van der Waals surface area contributed by atoms with E-state index < -0.39 is 0 Å². The fourth-order valence-electron chi connectivity index (χ4n) is 2.48. The second-order valence-corrected chi connectivity index (χ2v) is 5.93. The zero-order valence-electron chi connectivity index (χ0n) is 12.6. The molecule has 3 N–H and O–H groups in total. The fourth-order valence-corrected chi connectivity index (χ4v) is 2.48. The van der Waals surface area contributed by atoms with Crippen molar-refractivity contribution in [1.29, 1.82) is 0 Å². The van der Waals surface area contributed by atoms with Crippen LogP contribution in [0.5, 0.6) is 0 Å². The maximum atomic E-state index is 5.77. The molecule has 2 heteroatoms. The summed E-state index contributed by atoms with van der Waals surface area (Å²) < 4.78 is 0. The quantitative estimate of drug-likeness (QED) is 0.627. The molecule has 0 saturated heterocycles. The maximum Gasteiger partial charge on any atom is 0.0510 e. The number of hydrazine groups is 1. The molecule has 0 saturated carbocycles. The second kappa shape index (κ2) is 6.21. The van der Waals surface area contributed by atoms with Gasteiger partial charge in [-0.1, -0.05) is 75.4 Å². The van der Waals surface area contributed by atoms with Gasteiger partial charge >= 0.3 is 0 Å². The Morgan fingerprint density at radius 2 is 1.50 bits per heavy atom. The molecule has 20 heavy (non-hydrogen) atoms. The van der Waals surface area contributed by atoms with Crippen LogP contribution in [0.3, 0.4) is 0 Å². The van der Waals surface area contributed by atoms with Gasteiger partial charge in [-0.25, -0.2) is 0 Å². The summed E-state index contributed by atoms with van der Waals surface area (Å²) >= 11 is 0. The van der Waals surface area contributed by atoms with E-state index >= 15 is 0 Å². The van der Waals surface area contributed by atoms with Crippen molar-refractivity contribution in [2.75, 3.05) is 0 Å². The van der Waals surface area contributed by atoms with Crippen molar-refractivity contribution in [3.05, 3.63) is 60.2 Å². The smallest absolute Gasteiger partial charge is 0.0510 e. The Kier molecular flexibility index (Phi) is 4.58. The highest BCUT2D eigenvalue weighted by molar-refractivity contribution is 5.63. The molecule has 2 aromatic rings. The van der Waals surface area contributed by atoms with Crippen LogP contribution in [0.4, 0.5) is 0 Å². The first-order valence-corrected chi connectivity index (χ1v) is 7.20. The van der Waals surface area contributed by atoms with Crippen LogP contribution < -0.4 is 11.3 Å². The van der Waals surface area contributed by atoms with Crippen LogP contribution in [0.2, 0.25) is 0 Å². The minimum Gasteiger partial charge on any atom is -0.271 e. The predicted molar refractivity (Wildman–Crippen MR) is 86.0 cm³/mol. The van der Waals surface area contributed by atoms with Crippen LogP contribution in [-0.2, 0) is 0 Å². The first-order chi connectivity index (χ1) is 9.58. The van der Waals surface area contributed by atoms with Gasteiger partial charge in [0.2, 0.25) is 0 Å². The van der Waals surface area contributed by atoms with Crippen LogP contribution in [0, 0.1) is 5.41 Å². The molecule has 1 unspecified atom stereocenters. The highest BCUT2D eigenvalue weighted by Gasteiger charge is 2.28. The number of nitrogens with one attached hydrogen (secondary N) is 1.